The summed E-state index contributed by atoms with van der Waals surface area (Å²) in [5, 5.41) is 1.09. The summed E-state index contributed by atoms with van der Waals surface area (Å²) in [5.74, 6) is 0.829. The summed E-state index contributed by atoms with van der Waals surface area (Å²) >= 11 is 0. The number of nitrogens with zero attached hydrogens (tertiary/aromatic N) is 7. The SMILES string of the molecule is Cn1c(-c2cc3cccc(/C=C/Cn4cncc4F)c3n2CC2CC2)nc2cc3c(nc21)CCN(C[C@H](N)CF)C3=O. The predicted octanol–water partition coefficient (Wildman–Crippen LogP) is 4.34. The van der Waals surface area contributed by atoms with Gasteiger partial charge >= 0.3 is 0 Å². The van der Waals surface area contributed by atoms with Crippen LogP contribution in [0.3, 0.4) is 0 Å². The van der Waals surface area contributed by atoms with Crippen LogP contribution in [-0.4, -0.2) is 65.3 Å². The van der Waals surface area contributed by atoms with Crippen LogP contribution in [0.25, 0.3) is 39.7 Å². The maximum Gasteiger partial charge on any atom is 0.255 e. The number of alkyl halides is 1. The van der Waals surface area contributed by atoms with Crippen molar-refractivity contribution < 1.29 is 13.6 Å². The van der Waals surface area contributed by atoms with E-state index < -0.39 is 12.7 Å². The van der Waals surface area contributed by atoms with Crippen molar-refractivity contribution in [1.82, 2.24) is 33.6 Å². The Balaban J connectivity index is 1.30. The number of hydrogen-bond acceptors (Lipinski definition) is 5. The highest BCUT2D eigenvalue weighted by Crippen LogP contribution is 2.38. The van der Waals surface area contributed by atoms with Crippen molar-refractivity contribution in [3.05, 3.63) is 71.7 Å². The third-order valence-corrected chi connectivity index (χ3v) is 8.29. The van der Waals surface area contributed by atoms with Crippen molar-refractivity contribution in [2.24, 2.45) is 18.7 Å². The topological polar surface area (TPSA) is 99.8 Å². The molecule has 1 saturated carbocycles. The van der Waals surface area contributed by atoms with Gasteiger partial charge in [-0.25, -0.2) is 19.3 Å². The average Bonchev–Trinajstić information content (AvgIpc) is 3.48. The van der Waals surface area contributed by atoms with Gasteiger partial charge in [-0.05, 0) is 36.5 Å². The molecule has 1 aliphatic heterocycles. The van der Waals surface area contributed by atoms with Crippen LogP contribution in [0.4, 0.5) is 8.78 Å². The monoisotopic (exact) mass is 570 g/mol. The van der Waals surface area contributed by atoms with Crippen molar-refractivity contribution in [2.75, 3.05) is 19.8 Å². The lowest BCUT2D eigenvalue weighted by Gasteiger charge is -2.29. The second-order valence-corrected chi connectivity index (χ2v) is 11.4. The molecule has 2 aliphatic rings. The molecule has 4 aromatic heterocycles. The molecule has 1 fully saturated rings. The van der Waals surface area contributed by atoms with Crippen molar-refractivity contribution in [3.8, 4) is 11.5 Å². The zero-order chi connectivity index (χ0) is 29.0. The minimum absolute atomic E-state index is 0.176. The van der Waals surface area contributed by atoms with E-state index in [1.165, 1.54) is 29.9 Å². The van der Waals surface area contributed by atoms with Gasteiger partial charge in [-0.15, -0.1) is 0 Å². The van der Waals surface area contributed by atoms with Gasteiger partial charge in [0.1, 0.15) is 12.2 Å². The van der Waals surface area contributed by atoms with Crippen LogP contribution in [0.5, 0.6) is 0 Å². The summed E-state index contributed by atoms with van der Waals surface area (Å²) in [6.45, 7) is 1.22. The first-order chi connectivity index (χ1) is 20.4. The zero-order valence-electron chi connectivity index (χ0n) is 23.4. The molecule has 9 nitrogen and oxygen atoms in total. The molecule has 2 N–H and O–H groups in total. The second kappa shape index (κ2) is 10.5. The highest BCUT2D eigenvalue weighted by atomic mass is 19.1. The Morgan fingerprint density at radius 2 is 2.07 bits per heavy atom. The number of aromatic nitrogens is 6. The van der Waals surface area contributed by atoms with E-state index in [9.17, 15) is 13.6 Å². The Bertz CT molecular complexity index is 1850. The minimum atomic E-state index is -0.700. The Morgan fingerprint density at radius 1 is 1.21 bits per heavy atom. The Labute approximate surface area is 241 Å². The van der Waals surface area contributed by atoms with Gasteiger partial charge in [0, 0.05) is 45.0 Å². The number of amides is 1. The van der Waals surface area contributed by atoms with E-state index in [0.29, 0.717) is 36.5 Å². The van der Waals surface area contributed by atoms with Gasteiger partial charge in [0.15, 0.2) is 11.5 Å². The molecular weight excluding hydrogens is 538 g/mol. The van der Waals surface area contributed by atoms with Crippen LogP contribution in [-0.2, 0) is 26.6 Å². The third kappa shape index (κ3) is 4.67. The van der Waals surface area contributed by atoms with Gasteiger partial charge in [0.2, 0.25) is 5.95 Å². The maximum atomic E-state index is 13.9. The van der Waals surface area contributed by atoms with E-state index in [0.717, 1.165) is 45.9 Å². The molecule has 0 unspecified atom stereocenters. The van der Waals surface area contributed by atoms with E-state index in [4.69, 9.17) is 15.7 Å². The van der Waals surface area contributed by atoms with Crippen molar-refractivity contribution in [3.63, 3.8) is 0 Å². The molecule has 42 heavy (non-hydrogen) atoms. The normalized spacial score (nSPS) is 16.3. The van der Waals surface area contributed by atoms with Crippen molar-refractivity contribution in [2.45, 2.75) is 38.4 Å². The van der Waals surface area contributed by atoms with Crippen LogP contribution in [0.1, 0.15) is 34.5 Å². The number of benzene rings is 1. The van der Waals surface area contributed by atoms with Gasteiger partial charge < -0.3 is 24.3 Å². The smallest absolute Gasteiger partial charge is 0.255 e. The lowest BCUT2D eigenvalue weighted by molar-refractivity contribution is 0.0723. The Hall–Kier alpha value is -4.38. The average molecular weight is 571 g/mol. The van der Waals surface area contributed by atoms with Crippen LogP contribution >= 0.6 is 0 Å². The Kier molecular flexibility index (Phi) is 6.61. The molecule has 0 saturated heterocycles. The molecule has 11 heteroatoms. The number of imidazole rings is 2. The van der Waals surface area contributed by atoms with Crippen LogP contribution in [0, 0.1) is 11.9 Å². The van der Waals surface area contributed by atoms with E-state index in [1.807, 2.05) is 35.9 Å². The molecule has 0 bridgehead atoms. The van der Waals surface area contributed by atoms with Crippen LogP contribution in [0.15, 0.2) is 48.9 Å². The number of carbonyl (C=O) groups is 1. The number of allylic oxidation sites excluding steroid dienone is 1. The largest absolute Gasteiger partial charge is 0.337 e. The first-order valence-corrected chi connectivity index (χ1v) is 14.3. The fourth-order valence-corrected chi connectivity index (χ4v) is 5.93. The fraction of sp³-hybridized carbons (Fsp3) is 0.355. The van der Waals surface area contributed by atoms with E-state index in [-0.39, 0.29) is 18.4 Å². The highest BCUT2D eigenvalue weighted by Gasteiger charge is 2.30. The quantitative estimate of drug-likeness (QED) is 0.284. The number of fused-ring (bicyclic) bond motifs is 3. The van der Waals surface area contributed by atoms with Crippen LogP contribution < -0.4 is 5.73 Å². The van der Waals surface area contributed by atoms with E-state index >= 15 is 0 Å². The molecule has 7 rings (SSSR count). The third-order valence-electron chi connectivity index (χ3n) is 8.29. The number of rotatable bonds is 9. The van der Waals surface area contributed by atoms with Crippen LogP contribution in [0.2, 0.25) is 0 Å². The van der Waals surface area contributed by atoms with Crippen molar-refractivity contribution in [1.29, 1.82) is 0 Å². The number of nitrogens with two attached hydrogens (primary N) is 1. The van der Waals surface area contributed by atoms with E-state index in [1.54, 1.807) is 4.90 Å². The fourth-order valence-electron chi connectivity index (χ4n) is 5.93. The van der Waals surface area contributed by atoms with Gasteiger partial charge in [0.05, 0.1) is 41.0 Å². The maximum absolute atomic E-state index is 13.9. The molecule has 0 radical (unpaired) electrons. The summed E-state index contributed by atoms with van der Waals surface area (Å²) in [5.41, 5.74) is 11.5. The van der Waals surface area contributed by atoms with Crippen molar-refractivity contribution >= 4 is 34.1 Å². The van der Waals surface area contributed by atoms with Gasteiger partial charge in [0.25, 0.3) is 5.91 Å². The first kappa shape index (κ1) is 26.5. The molecule has 1 aliphatic carbocycles. The van der Waals surface area contributed by atoms with Gasteiger partial charge in [-0.2, -0.15) is 4.39 Å². The Morgan fingerprint density at radius 3 is 2.83 bits per heavy atom. The standard InChI is InChI=1S/C31H32F2N8O/c1-38-29-25(13-23-24(36-29)9-11-39(31(23)42)17-22(34)14-32)37-30(38)26-12-21-5-2-4-20(28(21)41(26)16-19-7-8-19)6-3-10-40-18-35-15-27(40)33/h2-6,12-13,15,18-19,22H,7-11,14,16-17,34H2,1H3/b6-3+/t22-/m1/s1. The number of aryl methyl sites for hydroxylation is 1. The minimum Gasteiger partial charge on any atom is -0.337 e. The van der Waals surface area contributed by atoms with Gasteiger partial charge in [-0.1, -0.05) is 30.4 Å². The molecule has 5 heterocycles. The molecular formula is C31H32F2N8O. The summed E-state index contributed by atoms with van der Waals surface area (Å²) < 4.78 is 32.7. The molecule has 1 amide bonds. The molecule has 5 aromatic rings. The number of pyridine rings is 1. The zero-order valence-corrected chi connectivity index (χ0v) is 23.4. The summed E-state index contributed by atoms with van der Waals surface area (Å²) in [6.07, 6.45) is 9.63. The number of para-hydroxylation sites is 1. The number of carbonyl (C=O) groups excluding carboxylic acids is 1. The number of halogens is 2. The first-order valence-electron chi connectivity index (χ1n) is 14.3. The summed E-state index contributed by atoms with van der Waals surface area (Å²) in [6, 6.07) is 9.48. The van der Waals surface area contributed by atoms with E-state index in [2.05, 4.69) is 27.8 Å². The van der Waals surface area contributed by atoms with Gasteiger partial charge in [-0.3, -0.25) is 4.79 Å². The molecule has 0 spiro atoms. The summed E-state index contributed by atoms with van der Waals surface area (Å²) in [4.78, 5) is 28.6. The molecule has 1 aromatic carbocycles. The number of hydrogen-bond donors (Lipinski definition) is 1. The highest BCUT2D eigenvalue weighted by molar-refractivity contribution is 5.99. The second-order valence-electron chi connectivity index (χ2n) is 11.4. The lowest BCUT2D eigenvalue weighted by atomic mass is 10.0. The lowest BCUT2D eigenvalue weighted by Crippen LogP contribution is -2.45. The predicted molar refractivity (Wildman–Crippen MR) is 157 cm³/mol. The molecule has 1 atom stereocenters. The molecule has 216 valence electrons. The summed E-state index contributed by atoms with van der Waals surface area (Å²) in [7, 11) is 1.96.